The van der Waals surface area contributed by atoms with E-state index in [9.17, 15) is 8.78 Å². The molecular weight excluding hydrogens is 376 g/mol. The predicted molar refractivity (Wildman–Crippen MR) is 102 cm³/mol. The number of nitrogens with one attached hydrogen (secondary N) is 1. The Morgan fingerprint density at radius 2 is 2.04 bits per heavy atom. The first kappa shape index (κ1) is 20.7. The summed E-state index contributed by atoms with van der Waals surface area (Å²) < 4.78 is 31.8. The van der Waals surface area contributed by atoms with Crippen LogP contribution in [-0.2, 0) is 0 Å². The van der Waals surface area contributed by atoms with Crippen molar-refractivity contribution in [1.82, 2.24) is 20.1 Å². The zero-order valence-electron chi connectivity index (χ0n) is 15.3. The molecule has 2 rings (SSSR count). The molecule has 0 radical (unpaired) electrons. The van der Waals surface area contributed by atoms with Crippen molar-refractivity contribution in [2.75, 3.05) is 5.73 Å². The number of nitrogens with two attached hydrogens (primary N) is 1. The number of nitrogens with zero attached hydrogens (tertiary/aromatic N) is 3. The van der Waals surface area contributed by atoms with Crippen LogP contribution in [0.2, 0.25) is 0 Å². The van der Waals surface area contributed by atoms with Gasteiger partial charge in [0.2, 0.25) is 5.95 Å². The van der Waals surface area contributed by atoms with Gasteiger partial charge in [-0.3, -0.25) is 0 Å². The number of hydrogen-bond donors (Lipinski definition) is 2. The highest BCUT2D eigenvalue weighted by molar-refractivity contribution is 6.34. The van der Waals surface area contributed by atoms with Crippen LogP contribution < -0.4 is 15.8 Å². The largest absolute Gasteiger partial charge is 0.433 e. The molecule has 0 fully saturated rings. The summed E-state index contributed by atoms with van der Waals surface area (Å²) in [5, 5.41) is 7.71. The van der Waals surface area contributed by atoms with E-state index in [1.165, 1.54) is 23.1 Å². The van der Waals surface area contributed by atoms with Crippen LogP contribution in [-0.4, -0.2) is 20.9 Å². The second kappa shape index (κ2) is 8.39. The van der Waals surface area contributed by atoms with Gasteiger partial charge in [-0.25, -0.2) is 0 Å². The SMILES string of the molecule is C=C(CC)/C(Cl)=C(/N[C@@H](C)c1ccc(OC(C)(F)F)cc1)n1ncnc1N. The summed E-state index contributed by atoms with van der Waals surface area (Å²) >= 11 is 6.46. The van der Waals surface area contributed by atoms with Crippen LogP contribution in [0, 0.1) is 0 Å². The summed E-state index contributed by atoms with van der Waals surface area (Å²) in [5.41, 5.74) is 7.38. The molecule has 6 nitrogen and oxygen atoms in total. The van der Waals surface area contributed by atoms with Crippen molar-refractivity contribution >= 4 is 23.4 Å². The number of aromatic nitrogens is 3. The van der Waals surface area contributed by atoms with Gasteiger partial charge in [0.1, 0.15) is 12.1 Å². The Morgan fingerprint density at radius 3 is 2.52 bits per heavy atom. The Kier molecular flexibility index (Phi) is 6.43. The highest BCUT2D eigenvalue weighted by Crippen LogP contribution is 2.27. The fourth-order valence-corrected chi connectivity index (χ4v) is 2.55. The molecule has 1 aromatic heterocycles. The topological polar surface area (TPSA) is 78.0 Å². The predicted octanol–water partition coefficient (Wildman–Crippen LogP) is 4.53. The maximum Gasteiger partial charge on any atom is 0.394 e. The monoisotopic (exact) mass is 397 g/mol. The highest BCUT2D eigenvalue weighted by Gasteiger charge is 2.23. The van der Waals surface area contributed by atoms with E-state index in [2.05, 4.69) is 26.7 Å². The van der Waals surface area contributed by atoms with Crippen molar-refractivity contribution in [3.05, 3.63) is 53.3 Å². The lowest BCUT2D eigenvalue weighted by atomic mass is 10.1. The fraction of sp³-hybridized carbons (Fsp3) is 0.333. The molecule has 0 aliphatic heterocycles. The molecule has 0 saturated carbocycles. The minimum absolute atomic E-state index is 0.0760. The molecule has 0 spiro atoms. The Bertz CT molecular complexity index is 827. The number of rotatable bonds is 8. The number of hydrogen-bond acceptors (Lipinski definition) is 5. The zero-order valence-corrected chi connectivity index (χ0v) is 16.1. The van der Waals surface area contributed by atoms with Crippen LogP contribution in [0.3, 0.4) is 0 Å². The van der Waals surface area contributed by atoms with Gasteiger partial charge in [0.15, 0.2) is 5.82 Å². The first-order chi connectivity index (χ1) is 12.6. The average Bonchev–Trinajstić information content (AvgIpc) is 3.03. The zero-order chi connectivity index (χ0) is 20.2. The summed E-state index contributed by atoms with van der Waals surface area (Å²) in [7, 11) is 0. The molecule has 0 saturated heterocycles. The van der Waals surface area contributed by atoms with Crippen molar-refractivity contribution < 1.29 is 13.5 Å². The molecule has 0 unspecified atom stereocenters. The van der Waals surface area contributed by atoms with E-state index < -0.39 is 6.11 Å². The van der Waals surface area contributed by atoms with Crippen molar-refractivity contribution in [1.29, 1.82) is 0 Å². The number of alkyl halides is 2. The highest BCUT2D eigenvalue weighted by atomic mass is 35.5. The third-order valence-corrected chi connectivity index (χ3v) is 4.21. The number of ether oxygens (including phenoxy) is 1. The molecule has 2 aromatic rings. The van der Waals surface area contributed by atoms with E-state index in [-0.39, 0.29) is 17.7 Å². The number of nitrogen functional groups attached to an aromatic ring is 1. The van der Waals surface area contributed by atoms with Crippen molar-refractivity contribution in [2.24, 2.45) is 0 Å². The van der Waals surface area contributed by atoms with Gasteiger partial charge in [0.05, 0.1) is 5.03 Å². The first-order valence-corrected chi connectivity index (χ1v) is 8.67. The van der Waals surface area contributed by atoms with Crippen molar-refractivity contribution in [2.45, 2.75) is 39.3 Å². The Hall–Kier alpha value is -2.61. The Morgan fingerprint density at radius 1 is 1.41 bits per heavy atom. The molecular formula is C18H22ClF2N5O. The number of anilines is 1. The van der Waals surface area contributed by atoms with Crippen molar-refractivity contribution in [3.63, 3.8) is 0 Å². The summed E-state index contributed by atoms with van der Waals surface area (Å²) in [6.07, 6.45) is -1.28. The van der Waals surface area contributed by atoms with E-state index in [0.717, 1.165) is 5.56 Å². The van der Waals surface area contributed by atoms with Crippen LogP contribution in [0.4, 0.5) is 14.7 Å². The Labute approximate surface area is 161 Å². The van der Waals surface area contributed by atoms with Crippen LogP contribution in [0.1, 0.15) is 38.8 Å². The average molecular weight is 398 g/mol. The minimum Gasteiger partial charge on any atom is -0.433 e. The summed E-state index contributed by atoms with van der Waals surface area (Å²) in [6, 6.07) is 6.08. The maximum atomic E-state index is 12.9. The molecule has 1 atom stereocenters. The van der Waals surface area contributed by atoms with E-state index in [4.69, 9.17) is 17.3 Å². The third-order valence-electron chi connectivity index (χ3n) is 3.76. The summed E-state index contributed by atoms with van der Waals surface area (Å²) in [4.78, 5) is 3.91. The summed E-state index contributed by atoms with van der Waals surface area (Å²) in [6.45, 7) is 8.44. The van der Waals surface area contributed by atoms with Crippen LogP contribution in [0.15, 0.2) is 47.8 Å². The number of allylic oxidation sites excluding steroid dienone is 2. The molecule has 27 heavy (non-hydrogen) atoms. The molecule has 0 bridgehead atoms. The first-order valence-electron chi connectivity index (χ1n) is 8.29. The quantitative estimate of drug-likeness (QED) is 0.639. The van der Waals surface area contributed by atoms with E-state index in [1.807, 2.05) is 13.8 Å². The molecule has 146 valence electrons. The lowest BCUT2D eigenvalue weighted by Crippen LogP contribution is -2.24. The van der Waals surface area contributed by atoms with Crippen LogP contribution in [0.25, 0.3) is 5.82 Å². The molecule has 0 aliphatic carbocycles. The van der Waals surface area contributed by atoms with Gasteiger partial charge >= 0.3 is 6.11 Å². The van der Waals surface area contributed by atoms with Gasteiger partial charge < -0.3 is 15.8 Å². The smallest absolute Gasteiger partial charge is 0.394 e. The standard InChI is InChI=1S/C18H22ClF2N5O/c1-5-11(2)15(19)16(26-17(22)23-10-24-26)25-12(3)13-6-8-14(9-7-13)27-18(4,20)21/h6-10,12,25H,2,5H2,1,3-4H3,(H2,22,23,24)/b16-15+/t12-/m0/s1. The van der Waals surface area contributed by atoms with E-state index in [1.54, 1.807) is 12.1 Å². The summed E-state index contributed by atoms with van der Waals surface area (Å²) in [5.74, 6) is 0.680. The van der Waals surface area contributed by atoms with Gasteiger partial charge in [0.25, 0.3) is 0 Å². The lowest BCUT2D eigenvalue weighted by Gasteiger charge is -2.21. The van der Waals surface area contributed by atoms with Gasteiger partial charge in [-0.15, -0.1) is 0 Å². The molecule has 9 heteroatoms. The van der Waals surface area contributed by atoms with Crippen molar-refractivity contribution in [3.8, 4) is 5.75 Å². The maximum absolute atomic E-state index is 12.9. The molecule has 0 amide bonds. The normalized spacial score (nSPS) is 13.7. The second-order valence-corrected chi connectivity index (χ2v) is 6.37. The number of halogens is 3. The molecule has 1 heterocycles. The van der Waals surface area contributed by atoms with Gasteiger partial charge in [-0.1, -0.05) is 37.2 Å². The molecule has 3 N–H and O–H groups in total. The van der Waals surface area contributed by atoms with E-state index >= 15 is 0 Å². The molecule has 0 aliphatic rings. The minimum atomic E-state index is -3.24. The second-order valence-electron chi connectivity index (χ2n) is 5.99. The van der Waals surface area contributed by atoms with Gasteiger partial charge in [0, 0.05) is 13.0 Å². The van der Waals surface area contributed by atoms with Crippen LogP contribution in [0.5, 0.6) is 5.75 Å². The lowest BCUT2D eigenvalue weighted by molar-refractivity contribution is -0.158. The fourth-order valence-electron chi connectivity index (χ4n) is 2.28. The number of benzene rings is 1. The molecule has 1 aromatic carbocycles. The van der Waals surface area contributed by atoms with Gasteiger partial charge in [-0.2, -0.15) is 23.5 Å². The Balaban J connectivity index is 2.27. The third kappa shape index (κ3) is 5.43. The van der Waals surface area contributed by atoms with Crippen LogP contribution >= 0.6 is 11.6 Å². The van der Waals surface area contributed by atoms with E-state index in [0.29, 0.717) is 29.8 Å². The van der Waals surface area contributed by atoms with Gasteiger partial charge in [-0.05, 0) is 36.6 Å².